The van der Waals surface area contributed by atoms with Crippen molar-refractivity contribution in [1.82, 2.24) is 5.32 Å². The van der Waals surface area contributed by atoms with Crippen molar-refractivity contribution in [1.29, 1.82) is 0 Å². The highest BCUT2D eigenvalue weighted by Gasteiger charge is 2.22. The lowest BCUT2D eigenvalue weighted by atomic mass is 9.94. The van der Waals surface area contributed by atoms with Crippen LogP contribution in [0, 0.1) is 0 Å². The minimum atomic E-state index is -0.392. The number of carbonyl (C=O) groups is 1. The topological polar surface area (TPSA) is 29.1 Å². The fourth-order valence-corrected chi connectivity index (χ4v) is 2.36. The Balaban J connectivity index is 2.04. The number of hydrogen-bond acceptors (Lipinski definition) is 1. The lowest BCUT2D eigenvalue weighted by molar-refractivity contribution is -0.122. The summed E-state index contributed by atoms with van der Waals surface area (Å²) in [6.07, 6.45) is 0.330. The predicted octanol–water partition coefficient (Wildman–Crippen LogP) is 3.93. The summed E-state index contributed by atoms with van der Waals surface area (Å²) >= 11 is 5.93. The van der Waals surface area contributed by atoms with Crippen LogP contribution in [0.5, 0.6) is 0 Å². The van der Waals surface area contributed by atoms with Crippen LogP contribution >= 0.6 is 11.6 Å². The molecule has 0 aliphatic heterocycles. The summed E-state index contributed by atoms with van der Waals surface area (Å²) in [7, 11) is 0. The van der Waals surface area contributed by atoms with Gasteiger partial charge in [0, 0.05) is 5.02 Å². The zero-order valence-corrected chi connectivity index (χ0v) is 12.4. The number of amides is 1. The molecule has 2 aromatic rings. The van der Waals surface area contributed by atoms with Crippen molar-refractivity contribution >= 4 is 17.5 Å². The predicted molar refractivity (Wildman–Crippen MR) is 82.8 cm³/mol. The van der Waals surface area contributed by atoms with E-state index in [0.29, 0.717) is 11.4 Å². The molecule has 2 aromatic carbocycles. The van der Waals surface area contributed by atoms with Crippen LogP contribution in [0.25, 0.3) is 0 Å². The molecule has 0 unspecified atom stereocenters. The first-order valence-electron chi connectivity index (χ1n) is 6.58. The monoisotopic (exact) mass is 287 g/mol. The van der Waals surface area contributed by atoms with E-state index < -0.39 is 5.54 Å². The highest BCUT2D eigenvalue weighted by atomic mass is 35.5. The molecule has 0 aliphatic rings. The zero-order chi connectivity index (χ0) is 14.6. The van der Waals surface area contributed by atoms with Crippen LogP contribution in [-0.4, -0.2) is 5.91 Å². The Kier molecular flexibility index (Phi) is 4.46. The van der Waals surface area contributed by atoms with E-state index in [2.05, 4.69) is 5.32 Å². The van der Waals surface area contributed by atoms with Gasteiger partial charge in [0.05, 0.1) is 12.0 Å². The molecule has 0 saturated carbocycles. The first kappa shape index (κ1) is 14.6. The minimum absolute atomic E-state index is 0.0129. The van der Waals surface area contributed by atoms with Gasteiger partial charge >= 0.3 is 0 Å². The molecule has 2 nitrogen and oxygen atoms in total. The molecule has 0 saturated heterocycles. The van der Waals surface area contributed by atoms with Gasteiger partial charge in [0.15, 0.2) is 0 Å². The molecule has 0 atom stereocenters. The number of carbonyl (C=O) groups excluding carboxylic acids is 1. The Morgan fingerprint density at radius 1 is 1.10 bits per heavy atom. The van der Waals surface area contributed by atoms with E-state index >= 15 is 0 Å². The van der Waals surface area contributed by atoms with E-state index in [9.17, 15) is 4.79 Å². The van der Waals surface area contributed by atoms with E-state index in [-0.39, 0.29) is 5.91 Å². The van der Waals surface area contributed by atoms with E-state index in [4.69, 9.17) is 11.6 Å². The molecule has 3 heteroatoms. The van der Waals surface area contributed by atoms with Crippen LogP contribution < -0.4 is 5.32 Å². The van der Waals surface area contributed by atoms with Crippen molar-refractivity contribution in [2.45, 2.75) is 25.8 Å². The highest BCUT2D eigenvalue weighted by molar-refractivity contribution is 6.30. The summed E-state index contributed by atoms with van der Waals surface area (Å²) < 4.78 is 0. The molecular weight excluding hydrogens is 270 g/mol. The van der Waals surface area contributed by atoms with Gasteiger partial charge in [0.25, 0.3) is 0 Å². The van der Waals surface area contributed by atoms with E-state index in [1.54, 1.807) is 6.07 Å². The van der Waals surface area contributed by atoms with Crippen LogP contribution in [0.15, 0.2) is 54.6 Å². The van der Waals surface area contributed by atoms with Crippen molar-refractivity contribution in [2.75, 3.05) is 0 Å². The zero-order valence-electron chi connectivity index (χ0n) is 11.7. The molecule has 0 spiro atoms. The first-order valence-corrected chi connectivity index (χ1v) is 6.96. The number of halogens is 1. The van der Waals surface area contributed by atoms with Gasteiger partial charge in [-0.2, -0.15) is 0 Å². The van der Waals surface area contributed by atoms with Gasteiger partial charge in [0.2, 0.25) is 5.91 Å². The molecule has 0 heterocycles. The number of nitrogens with one attached hydrogen (secondary N) is 1. The fourth-order valence-electron chi connectivity index (χ4n) is 2.15. The van der Waals surface area contributed by atoms with Crippen molar-refractivity contribution in [3.63, 3.8) is 0 Å². The van der Waals surface area contributed by atoms with Crippen molar-refractivity contribution in [3.05, 3.63) is 70.7 Å². The number of benzene rings is 2. The molecule has 104 valence electrons. The second kappa shape index (κ2) is 6.10. The van der Waals surface area contributed by atoms with Crippen LogP contribution in [-0.2, 0) is 16.8 Å². The summed E-state index contributed by atoms with van der Waals surface area (Å²) in [5.41, 5.74) is 1.61. The highest BCUT2D eigenvalue weighted by Crippen LogP contribution is 2.19. The standard InChI is InChI=1S/C17H18ClNO/c1-17(2,14-8-4-3-5-9-14)19-16(20)12-13-7-6-10-15(18)11-13/h3-11H,12H2,1-2H3,(H,19,20). The van der Waals surface area contributed by atoms with E-state index in [0.717, 1.165) is 11.1 Å². The van der Waals surface area contributed by atoms with Gasteiger partial charge in [-0.05, 0) is 37.1 Å². The van der Waals surface area contributed by atoms with Crippen molar-refractivity contribution in [2.24, 2.45) is 0 Å². The van der Waals surface area contributed by atoms with Crippen molar-refractivity contribution in [3.8, 4) is 0 Å². The van der Waals surface area contributed by atoms with Crippen molar-refractivity contribution < 1.29 is 4.79 Å². The second-order valence-corrected chi connectivity index (χ2v) is 5.78. The molecule has 0 aliphatic carbocycles. The minimum Gasteiger partial charge on any atom is -0.347 e. The maximum absolute atomic E-state index is 12.2. The van der Waals surface area contributed by atoms with Crippen LogP contribution in [0.3, 0.4) is 0 Å². The summed E-state index contributed by atoms with van der Waals surface area (Å²) in [4.78, 5) is 12.2. The molecule has 0 bridgehead atoms. The number of hydrogen-bond donors (Lipinski definition) is 1. The Labute approximate surface area is 124 Å². The SMILES string of the molecule is CC(C)(NC(=O)Cc1cccc(Cl)c1)c1ccccc1. The largest absolute Gasteiger partial charge is 0.347 e. The number of rotatable bonds is 4. The third-order valence-corrected chi connectivity index (χ3v) is 3.44. The van der Waals surface area contributed by atoms with Gasteiger partial charge in [-0.15, -0.1) is 0 Å². The van der Waals surface area contributed by atoms with Gasteiger partial charge in [-0.3, -0.25) is 4.79 Å². The average molecular weight is 288 g/mol. The molecule has 1 N–H and O–H groups in total. The average Bonchev–Trinajstić information content (AvgIpc) is 2.39. The van der Waals surface area contributed by atoms with Gasteiger partial charge < -0.3 is 5.32 Å². The van der Waals surface area contributed by atoms with Gasteiger partial charge in [-0.1, -0.05) is 54.1 Å². The second-order valence-electron chi connectivity index (χ2n) is 5.35. The maximum Gasteiger partial charge on any atom is 0.225 e. The van der Waals surface area contributed by atoms with E-state index in [1.807, 2.05) is 62.4 Å². The summed E-state index contributed by atoms with van der Waals surface area (Å²) in [6.45, 7) is 4.00. The van der Waals surface area contributed by atoms with Gasteiger partial charge in [0.1, 0.15) is 0 Å². The molecule has 2 rings (SSSR count). The summed E-state index contributed by atoms with van der Waals surface area (Å²) in [5.74, 6) is -0.0129. The Morgan fingerprint density at radius 2 is 1.80 bits per heavy atom. The molecule has 20 heavy (non-hydrogen) atoms. The Hall–Kier alpha value is -1.80. The maximum atomic E-state index is 12.2. The quantitative estimate of drug-likeness (QED) is 0.907. The molecule has 1 amide bonds. The Bertz CT molecular complexity index is 593. The fraction of sp³-hybridized carbons (Fsp3) is 0.235. The van der Waals surface area contributed by atoms with E-state index in [1.165, 1.54) is 0 Å². The smallest absolute Gasteiger partial charge is 0.225 e. The van der Waals surface area contributed by atoms with Crippen LogP contribution in [0.4, 0.5) is 0 Å². The van der Waals surface area contributed by atoms with Crippen LogP contribution in [0.1, 0.15) is 25.0 Å². The summed E-state index contributed by atoms with van der Waals surface area (Å²) in [5, 5.41) is 3.71. The molecule has 0 aromatic heterocycles. The lowest BCUT2D eigenvalue weighted by Crippen LogP contribution is -2.41. The molecule has 0 radical (unpaired) electrons. The first-order chi connectivity index (χ1) is 9.47. The third kappa shape index (κ3) is 3.84. The normalized spacial score (nSPS) is 11.2. The van der Waals surface area contributed by atoms with Gasteiger partial charge in [-0.25, -0.2) is 0 Å². The third-order valence-electron chi connectivity index (χ3n) is 3.20. The Morgan fingerprint density at radius 3 is 2.45 bits per heavy atom. The lowest BCUT2D eigenvalue weighted by Gasteiger charge is -2.27. The summed E-state index contributed by atoms with van der Waals surface area (Å²) in [6, 6.07) is 17.3. The molecular formula is C17H18ClNO. The molecule has 0 fully saturated rings. The van der Waals surface area contributed by atoms with Crippen LogP contribution in [0.2, 0.25) is 5.02 Å².